The van der Waals surface area contributed by atoms with Crippen LogP contribution in [0.5, 0.6) is 0 Å². The summed E-state index contributed by atoms with van der Waals surface area (Å²) in [6.45, 7) is 0. The zero-order valence-corrected chi connectivity index (χ0v) is 14.6. The molecule has 0 saturated heterocycles. The Labute approximate surface area is 129 Å². The minimum absolute atomic E-state index is 0. The molecule has 0 amide bonds. The smallest absolute Gasteiger partial charge is 0.706 e. The van der Waals surface area contributed by atoms with Crippen molar-refractivity contribution in [3.63, 3.8) is 0 Å². The summed E-state index contributed by atoms with van der Waals surface area (Å²) < 4.78 is 0. The summed E-state index contributed by atoms with van der Waals surface area (Å²) in [5.74, 6) is 0. The van der Waals surface area contributed by atoms with Gasteiger partial charge in [0.2, 0.25) is 0 Å². The summed E-state index contributed by atoms with van der Waals surface area (Å²) >= 11 is 9.14. The van der Waals surface area contributed by atoms with Gasteiger partial charge in [0.15, 0.2) is 0 Å². The fourth-order valence-electron chi connectivity index (χ4n) is 0.0340. The van der Waals surface area contributed by atoms with Crippen LogP contribution in [0.25, 0.3) is 0 Å². The van der Waals surface area contributed by atoms with Crippen molar-refractivity contribution in [3.05, 3.63) is 0 Å². The van der Waals surface area contributed by atoms with Gasteiger partial charge in [0.05, 0.1) is 0 Å². The quantitative estimate of drug-likeness (QED) is 0.232. The molecule has 0 saturated carbocycles. The van der Waals surface area contributed by atoms with Crippen LogP contribution in [-0.4, -0.2) is 0 Å². The molecule has 0 aromatic carbocycles. The van der Waals surface area contributed by atoms with Crippen molar-refractivity contribution in [1.82, 2.24) is 0 Å². The molecule has 0 bridgehead atoms. The van der Waals surface area contributed by atoms with E-state index < -0.39 is 0 Å². The van der Waals surface area contributed by atoms with Crippen LogP contribution in [0, 0.1) is 0 Å². The van der Waals surface area contributed by atoms with Gasteiger partial charge in [0, 0.05) is 0 Å². The molecule has 0 heterocycles. The number of rotatable bonds is 4. The first-order chi connectivity index (χ1) is 3.41. The Balaban J connectivity index is -0.000000180. The van der Waals surface area contributed by atoms with Gasteiger partial charge in [-0.1, -0.05) is 0 Å². The minimum Gasteiger partial charge on any atom is -0.706 e. The fraction of sp³-hybridized carbons (Fsp3) is 0. The van der Waals surface area contributed by atoms with E-state index in [1.807, 2.05) is 0 Å². The Bertz CT molecular complexity index is 26.1. The van der Waals surface area contributed by atoms with Gasteiger partial charge < -0.3 is 23.3 Å². The third kappa shape index (κ3) is 19.0. The maximum atomic E-state index is 4.57. The maximum absolute atomic E-state index is 4.57. The van der Waals surface area contributed by atoms with Crippen molar-refractivity contribution in [3.8, 4) is 0 Å². The van der Waals surface area contributed by atoms with Crippen LogP contribution in [0.2, 0.25) is 0 Å². The van der Waals surface area contributed by atoms with Gasteiger partial charge in [-0.25, -0.2) is 0 Å². The molecular formula is Na2S7. The molecule has 0 unspecified atom stereocenters. The summed E-state index contributed by atoms with van der Waals surface area (Å²) in [5, 5.41) is 0. The van der Waals surface area contributed by atoms with E-state index in [2.05, 4.69) is 23.3 Å². The van der Waals surface area contributed by atoms with Gasteiger partial charge in [0.1, 0.15) is 0 Å². The average molecular weight is 270 g/mol. The molecule has 0 aliphatic heterocycles. The Morgan fingerprint density at radius 3 is 1.22 bits per heavy atom. The average Bonchev–Trinajstić information content (AvgIpc) is 1.69. The van der Waals surface area contributed by atoms with Crippen molar-refractivity contribution < 1.29 is 59.1 Å². The predicted octanol–water partition coefficient (Wildman–Crippen LogP) is -2.76. The van der Waals surface area contributed by atoms with Crippen molar-refractivity contribution in [2.24, 2.45) is 0 Å². The van der Waals surface area contributed by atoms with Crippen LogP contribution in [0.1, 0.15) is 0 Å². The third-order valence-corrected chi connectivity index (χ3v) is 9.00. The molecule has 9 heteroatoms. The molecule has 0 rings (SSSR count). The zero-order chi connectivity index (χ0) is 5.54. The Kier molecular flexibility index (Phi) is 38.8. The molecule has 0 atom stereocenters. The first-order valence-electron chi connectivity index (χ1n) is 1.00. The summed E-state index contributed by atoms with van der Waals surface area (Å²) in [5.41, 5.74) is 0. The minimum atomic E-state index is 0. The first kappa shape index (κ1) is 19.1. The van der Waals surface area contributed by atoms with Gasteiger partial charge in [-0.05, 0) is 29.5 Å². The van der Waals surface area contributed by atoms with Crippen LogP contribution in [0.4, 0.5) is 0 Å². The van der Waals surface area contributed by atoms with Gasteiger partial charge in [0.25, 0.3) is 0 Å². The first-order valence-corrected chi connectivity index (χ1v) is 9.00. The van der Waals surface area contributed by atoms with E-state index >= 15 is 0 Å². The van der Waals surface area contributed by atoms with Crippen molar-refractivity contribution in [2.75, 3.05) is 0 Å². The molecule has 44 valence electrons. The Hall–Kier alpha value is 4.45. The summed E-state index contributed by atoms with van der Waals surface area (Å²) in [4.78, 5) is 0. The van der Waals surface area contributed by atoms with E-state index in [1.54, 1.807) is 29.5 Å². The van der Waals surface area contributed by atoms with Crippen LogP contribution in [0.3, 0.4) is 0 Å². The molecule has 0 N–H and O–H groups in total. The second kappa shape index (κ2) is 18.3. The molecule has 0 aliphatic carbocycles. The van der Waals surface area contributed by atoms with E-state index in [-0.39, 0.29) is 59.1 Å². The molecule has 0 radical (unpaired) electrons. The summed E-state index contributed by atoms with van der Waals surface area (Å²) in [6.07, 6.45) is 0. The van der Waals surface area contributed by atoms with E-state index in [0.29, 0.717) is 0 Å². The molecular weight excluding hydrogens is 270 g/mol. The topological polar surface area (TPSA) is 0 Å². The normalized spacial score (nSPS) is 7.33. The maximum Gasteiger partial charge on any atom is 1.00 e. The van der Waals surface area contributed by atoms with Crippen LogP contribution in [0.15, 0.2) is 0 Å². The second-order valence-electron chi connectivity index (χ2n) is 0.340. The SMILES string of the molecule is [Na+].[Na+].[S-]SSSSS[S-]. The van der Waals surface area contributed by atoms with Gasteiger partial charge in [-0.15, -0.1) is 0 Å². The van der Waals surface area contributed by atoms with Crippen LogP contribution >= 0.6 is 49.1 Å². The molecule has 0 aromatic heterocycles. The second-order valence-corrected chi connectivity index (χ2v) is 9.19. The van der Waals surface area contributed by atoms with Crippen molar-refractivity contribution in [2.45, 2.75) is 0 Å². The van der Waals surface area contributed by atoms with E-state index in [9.17, 15) is 0 Å². The van der Waals surface area contributed by atoms with Gasteiger partial charge in [-0.2, -0.15) is 0 Å². The van der Waals surface area contributed by atoms with Crippen LogP contribution < -0.4 is 59.1 Å². The van der Waals surface area contributed by atoms with Gasteiger partial charge >= 0.3 is 59.1 Å². The molecule has 0 spiro atoms. The number of hydrogen-bond donors (Lipinski definition) is 0. The molecule has 9 heavy (non-hydrogen) atoms. The van der Waals surface area contributed by atoms with Gasteiger partial charge in [-0.3, -0.25) is 19.7 Å². The fourth-order valence-corrected chi connectivity index (χ4v) is 8.27. The Morgan fingerprint density at radius 2 is 1.00 bits per heavy atom. The molecule has 0 aromatic rings. The van der Waals surface area contributed by atoms with Crippen LogP contribution in [-0.2, 0) is 23.3 Å². The standard InChI is InChI=1S/2Na.H2S7/c;;1-3-5-7-6-4-2/h;;1-2H/q2*+1;/p-2. The van der Waals surface area contributed by atoms with E-state index in [4.69, 9.17) is 0 Å². The molecule has 0 nitrogen and oxygen atoms in total. The summed E-state index contributed by atoms with van der Waals surface area (Å²) in [7, 11) is 7.36. The largest absolute Gasteiger partial charge is 1.00 e. The molecule has 0 fully saturated rings. The summed E-state index contributed by atoms with van der Waals surface area (Å²) in [6, 6.07) is 0. The zero-order valence-electron chi connectivity index (χ0n) is 4.86. The number of hydrogen-bond acceptors (Lipinski definition) is 7. The van der Waals surface area contributed by atoms with E-state index in [1.165, 1.54) is 19.7 Å². The Morgan fingerprint density at radius 1 is 0.667 bits per heavy atom. The van der Waals surface area contributed by atoms with Crippen molar-refractivity contribution >= 4 is 72.5 Å². The third-order valence-electron chi connectivity index (χ3n) is 0.111. The van der Waals surface area contributed by atoms with Crippen molar-refractivity contribution in [1.29, 1.82) is 0 Å². The predicted molar refractivity (Wildman–Crippen MR) is 52.7 cm³/mol. The molecule has 0 aliphatic rings. The van der Waals surface area contributed by atoms with E-state index in [0.717, 1.165) is 0 Å². The monoisotopic (exact) mass is 270 g/mol.